The lowest BCUT2D eigenvalue weighted by Crippen LogP contribution is -2.37. The molecule has 13 heteroatoms. The van der Waals surface area contributed by atoms with Crippen LogP contribution in [0.1, 0.15) is 12.8 Å². The molecule has 0 atom stereocenters. The van der Waals surface area contributed by atoms with Crippen LogP contribution in [0.5, 0.6) is 17.2 Å². The van der Waals surface area contributed by atoms with Crippen LogP contribution in [0.3, 0.4) is 0 Å². The number of methoxy groups -OCH3 is 1. The van der Waals surface area contributed by atoms with Crippen LogP contribution in [0.15, 0.2) is 45.6 Å². The number of benzene rings is 2. The molecule has 2 aromatic carbocycles. The summed E-state index contributed by atoms with van der Waals surface area (Å²) in [5, 5.41) is 0.286. The SMILES string of the molecule is COC(=O)[C@H]1C[C@@H](OCCOc2cc(OC(F)F)c(OC(F)F)cc2-c2cc(=O)c3cccc(Cl)c3o2)C1. The van der Waals surface area contributed by atoms with Crippen LogP contribution in [0.25, 0.3) is 22.3 Å². The molecule has 1 aliphatic carbocycles. The lowest BCUT2D eigenvalue weighted by Gasteiger charge is -2.32. The number of carbonyl (C=O) groups is 1. The first-order valence-corrected chi connectivity index (χ1v) is 11.7. The summed E-state index contributed by atoms with van der Waals surface area (Å²) in [6, 6.07) is 7.47. The van der Waals surface area contributed by atoms with Crippen molar-refractivity contribution in [3.05, 3.63) is 51.6 Å². The fourth-order valence-corrected chi connectivity index (χ4v) is 4.15. The van der Waals surface area contributed by atoms with Gasteiger partial charge >= 0.3 is 19.2 Å². The number of carbonyl (C=O) groups excluding carboxylic acids is 1. The monoisotopic (exact) mass is 560 g/mol. The quantitative estimate of drug-likeness (QED) is 0.168. The molecule has 0 bridgehead atoms. The van der Waals surface area contributed by atoms with Crippen molar-refractivity contribution in [2.24, 2.45) is 5.92 Å². The van der Waals surface area contributed by atoms with Crippen molar-refractivity contribution >= 4 is 28.5 Å². The van der Waals surface area contributed by atoms with Gasteiger partial charge in [-0.05, 0) is 31.0 Å². The molecule has 0 radical (unpaired) electrons. The molecular formula is C25H21ClF4O8. The average Bonchev–Trinajstić information content (AvgIpc) is 2.83. The van der Waals surface area contributed by atoms with E-state index in [9.17, 15) is 27.2 Å². The van der Waals surface area contributed by atoms with Crippen molar-refractivity contribution in [1.29, 1.82) is 0 Å². The van der Waals surface area contributed by atoms with Gasteiger partial charge in [0.15, 0.2) is 22.5 Å². The molecule has 1 fully saturated rings. The standard InChI is InChI=1S/C25H21ClF4O8/c1-33-23(32)12-7-13(8-12)34-5-6-35-18-11-21(38-25(29)30)20(37-24(27)28)9-15(18)19-10-17(31)14-3-2-4-16(26)22(14)36-19/h2-4,9-13,24-25H,5-8H2,1H3/t12-,13+. The predicted molar refractivity (Wildman–Crippen MR) is 126 cm³/mol. The second-order valence-electron chi connectivity index (χ2n) is 8.18. The van der Waals surface area contributed by atoms with Gasteiger partial charge in [0.25, 0.3) is 0 Å². The van der Waals surface area contributed by atoms with Crippen LogP contribution in [0, 0.1) is 5.92 Å². The molecule has 1 heterocycles. The fourth-order valence-electron chi connectivity index (χ4n) is 3.93. The van der Waals surface area contributed by atoms with E-state index in [1.54, 1.807) is 6.07 Å². The maximum absolute atomic E-state index is 13.0. The lowest BCUT2D eigenvalue weighted by molar-refractivity contribution is -0.155. The molecule has 1 aromatic heterocycles. The minimum atomic E-state index is -3.36. The molecule has 204 valence electrons. The van der Waals surface area contributed by atoms with Gasteiger partial charge in [-0.25, -0.2) is 0 Å². The van der Waals surface area contributed by atoms with Crippen molar-refractivity contribution in [2.45, 2.75) is 32.2 Å². The number of hydrogen-bond acceptors (Lipinski definition) is 8. The predicted octanol–water partition coefficient (Wildman–Crippen LogP) is 5.66. The molecule has 1 aliphatic rings. The Bertz CT molecular complexity index is 1360. The highest BCUT2D eigenvalue weighted by Crippen LogP contribution is 2.42. The Morgan fingerprint density at radius 1 is 1.03 bits per heavy atom. The lowest BCUT2D eigenvalue weighted by atomic mass is 9.82. The Balaban J connectivity index is 1.63. The number of ether oxygens (including phenoxy) is 5. The molecule has 0 aliphatic heterocycles. The summed E-state index contributed by atoms with van der Waals surface area (Å²) < 4.78 is 82.5. The van der Waals surface area contributed by atoms with E-state index in [1.807, 2.05) is 0 Å². The second-order valence-corrected chi connectivity index (χ2v) is 8.58. The van der Waals surface area contributed by atoms with Crippen molar-refractivity contribution in [3.63, 3.8) is 0 Å². The van der Waals surface area contributed by atoms with E-state index in [1.165, 1.54) is 19.2 Å². The number of rotatable bonds is 11. The van der Waals surface area contributed by atoms with E-state index in [2.05, 4.69) is 14.2 Å². The summed E-state index contributed by atoms with van der Waals surface area (Å²) in [5.41, 5.74) is -0.525. The van der Waals surface area contributed by atoms with Gasteiger partial charge in [-0.2, -0.15) is 17.6 Å². The molecule has 0 spiro atoms. The number of esters is 1. The minimum absolute atomic E-state index is 0.0281. The molecule has 8 nitrogen and oxygen atoms in total. The van der Waals surface area contributed by atoms with Crippen LogP contribution in [0.4, 0.5) is 17.6 Å². The zero-order valence-corrected chi connectivity index (χ0v) is 20.5. The second kappa shape index (κ2) is 11.9. The van der Waals surface area contributed by atoms with Gasteiger partial charge in [0, 0.05) is 12.1 Å². The topological polar surface area (TPSA) is 93.4 Å². The average molecular weight is 561 g/mol. The minimum Gasteiger partial charge on any atom is -0.490 e. The van der Waals surface area contributed by atoms with Gasteiger partial charge in [0.1, 0.15) is 18.1 Å². The van der Waals surface area contributed by atoms with E-state index >= 15 is 0 Å². The normalized spacial score (nSPS) is 16.9. The highest BCUT2D eigenvalue weighted by molar-refractivity contribution is 6.34. The molecule has 4 rings (SSSR count). The van der Waals surface area contributed by atoms with Crippen molar-refractivity contribution in [2.75, 3.05) is 20.3 Å². The van der Waals surface area contributed by atoms with E-state index < -0.39 is 30.2 Å². The fraction of sp³-hybridized carbons (Fsp3) is 0.360. The maximum Gasteiger partial charge on any atom is 0.387 e. The number of para-hydroxylation sites is 1. The van der Waals surface area contributed by atoms with E-state index in [0.29, 0.717) is 12.8 Å². The third-order valence-corrected chi connectivity index (χ3v) is 6.07. The van der Waals surface area contributed by atoms with Crippen LogP contribution in [-0.4, -0.2) is 45.6 Å². The largest absolute Gasteiger partial charge is 0.490 e. The zero-order valence-electron chi connectivity index (χ0n) is 19.8. The number of hydrogen-bond donors (Lipinski definition) is 0. The molecule has 38 heavy (non-hydrogen) atoms. The summed E-state index contributed by atoms with van der Waals surface area (Å²) in [5.74, 6) is -2.29. The first-order chi connectivity index (χ1) is 18.2. The Hall–Kier alpha value is -3.51. The maximum atomic E-state index is 13.0. The summed E-state index contributed by atoms with van der Waals surface area (Å²) in [7, 11) is 1.30. The van der Waals surface area contributed by atoms with Gasteiger partial charge in [-0.15, -0.1) is 0 Å². The number of halogens is 5. The number of alkyl halides is 4. The van der Waals surface area contributed by atoms with Crippen LogP contribution in [0.2, 0.25) is 5.02 Å². The first kappa shape index (κ1) is 27.5. The van der Waals surface area contributed by atoms with Crippen LogP contribution < -0.4 is 19.6 Å². The van der Waals surface area contributed by atoms with Gasteiger partial charge in [0.05, 0.1) is 41.7 Å². The van der Waals surface area contributed by atoms with Crippen molar-refractivity contribution < 1.29 is 50.5 Å². The Morgan fingerprint density at radius 2 is 1.71 bits per heavy atom. The highest BCUT2D eigenvalue weighted by Gasteiger charge is 2.36. The Kier molecular flexibility index (Phi) is 8.62. The third kappa shape index (κ3) is 6.30. The molecule has 3 aromatic rings. The molecule has 0 N–H and O–H groups in total. The van der Waals surface area contributed by atoms with Crippen LogP contribution >= 0.6 is 11.6 Å². The zero-order chi connectivity index (χ0) is 27.4. The molecule has 1 saturated carbocycles. The number of fused-ring (bicyclic) bond motifs is 1. The molecule has 0 unspecified atom stereocenters. The molecule has 0 amide bonds. The van der Waals surface area contributed by atoms with Crippen molar-refractivity contribution in [3.8, 4) is 28.6 Å². The van der Waals surface area contributed by atoms with Gasteiger partial charge in [0.2, 0.25) is 0 Å². The van der Waals surface area contributed by atoms with Crippen molar-refractivity contribution in [1.82, 2.24) is 0 Å². The van der Waals surface area contributed by atoms with Gasteiger partial charge in [-0.3, -0.25) is 9.59 Å². The van der Waals surface area contributed by atoms with E-state index in [-0.39, 0.29) is 64.3 Å². The summed E-state index contributed by atoms with van der Waals surface area (Å²) >= 11 is 6.16. The molecular weight excluding hydrogens is 540 g/mol. The molecule has 0 saturated heterocycles. The van der Waals surface area contributed by atoms with Crippen LogP contribution in [-0.2, 0) is 14.3 Å². The smallest absolute Gasteiger partial charge is 0.387 e. The summed E-state index contributed by atoms with van der Waals surface area (Å²) in [4.78, 5) is 24.2. The van der Waals surface area contributed by atoms with Gasteiger partial charge in [-0.1, -0.05) is 17.7 Å². The Morgan fingerprint density at radius 3 is 2.37 bits per heavy atom. The van der Waals surface area contributed by atoms with E-state index in [0.717, 1.165) is 18.2 Å². The van der Waals surface area contributed by atoms with E-state index in [4.69, 9.17) is 25.5 Å². The highest BCUT2D eigenvalue weighted by atomic mass is 35.5. The summed E-state index contributed by atoms with van der Waals surface area (Å²) in [6.07, 6.45) is 0.766. The third-order valence-electron chi connectivity index (χ3n) is 5.77. The Labute approximate surface area is 217 Å². The van der Waals surface area contributed by atoms with Gasteiger partial charge < -0.3 is 28.1 Å². The first-order valence-electron chi connectivity index (χ1n) is 11.3. The summed E-state index contributed by atoms with van der Waals surface area (Å²) in [6.45, 7) is -6.77.